The zero-order chi connectivity index (χ0) is 13.1. The molecule has 0 radical (unpaired) electrons. The molecule has 96 valence electrons. The predicted octanol–water partition coefficient (Wildman–Crippen LogP) is 2.59. The van der Waals surface area contributed by atoms with Gasteiger partial charge in [0.15, 0.2) is 5.78 Å². The highest BCUT2D eigenvalue weighted by Gasteiger charge is 2.24. The van der Waals surface area contributed by atoms with Crippen molar-refractivity contribution in [2.24, 2.45) is 0 Å². The fourth-order valence-electron chi connectivity index (χ4n) is 1.86. The number of fused-ring (bicyclic) bond motifs is 1. The Morgan fingerprint density at radius 3 is 2.78 bits per heavy atom. The Balaban J connectivity index is 2.27. The number of ketones is 1. The summed E-state index contributed by atoms with van der Waals surface area (Å²) < 4.78 is 0. The lowest BCUT2D eigenvalue weighted by Crippen LogP contribution is -2.28. The zero-order valence-electron chi connectivity index (χ0n) is 11.0. The third kappa shape index (κ3) is 2.94. The molecule has 4 heteroatoms. The summed E-state index contributed by atoms with van der Waals surface area (Å²) in [7, 11) is 4.12. The molecule has 1 aliphatic heterocycles. The van der Waals surface area contributed by atoms with Crippen molar-refractivity contribution in [2.45, 2.75) is 11.8 Å². The molecule has 0 saturated heterocycles. The molecule has 1 heterocycles. The number of nitrogens with zero attached hydrogens (tertiary/aromatic N) is 2. The molecule has 0 N–H and O–H groups in total. The molecule has 2 rings (SSSR count). The van der Waals surface area contributed by atoms with Gasteiger partial charge in [0.25, 0.3) is 0 Å². The van der Waals surface area contributed by atoms with E-state index in [-0.39, 0.29) is 5.78 Å². The van der Waals surface area contributed by atoms with Crippen molar-refractivity contribution in [1.29, 1.82) is 0 Å². The summed E-state index contributed by atoms with van der Waals surface area (Å²) in [5.41, 5.74) is 1.21. The van der Waals surface area contributed by atoms with Gasteiger partial charge in [-0.15, -0.1) is 0 Å². The average molecular weight is 262 g/mol. The van der Waals surface area contributed by atoms with Gasteiger partial charge in [-0.25, -0.2) is 0 Å². The van der Waals surface area contributed by atoms with Crippen LogP contribution in [0.5, 0.6) is 0 Å². The number of thioether (sulfide) groups is 1. The van der Waals surface area contributed by atoms with E-state index in [4.69, 9.17) is 0 Å². The fourth-order valence-corrected chi connectivity index (χ4v) is 3.04. The summed E-state index contributed by atoms with van der Waals surface area (Å²) in [5.74, 6) is 0.0974. The lowest BCUT2D eigenvalue weighted by molar-refractivity contribution is -0.112. The molecule has 0 aliphatic carbocycles. The lowest BCUT2D eigenvalue weighted by atomic mass is 10.3. The number of para-hydroxylation sites is 1. The Hall–Kier alpha value is -1.26. The minimum Gasteiger partial charge on any atom is -0.334 e. The van der Waals surface area contributed by atoms with Crippen LogP contribution in [0.4, 0.5) is 5.69 Å². The minimum atomic E-state index is 0.0974. The number of carbonyl (C=O) groups is 1. The van der Waals surface area contributed by atoms with Crippen LogP contribution in [-0.4, -0.2) is 37.9 Å². The Labute approximate surface area is 112 Å². The number of anilines is 1. The monoisotopic (exact) mass is 262 g/mol. The third-order valence-electron chi connectivity index (χ3n) is 2.73. The molecular weight excluding hydrogens is 244 g/mol. The van der Waals surface area contributed by atoms with Crippen LogP contribution in [-0.2, 0) is 4.79 Å². The summed E-state index contributed by atoms with van der Waals surface area (Å²) in [6.45, 7) is 3.46. The number of rotatable bonds is 4. The lowest BCUT2D eigenvalue weighted by Gasteiger charge is -2.22. The van der Waals surface area contributed by atoms with Gasteiger partial charge < -0.3 is 9.80 Å². The van der Waals surface area contributed by atoms with Gasteiger partial charge in [0, 0.05) is 24.1 Å². The molecule has 0 atom stereocenters. The number of benzene rings is 1. The molecule has 0 aromatic heterocycles. The summed E-state index contributed by atoms with van der Waals surface area (Å²) >= 11 is 1.67. The molecule has 1 aromatic rings. The molecule has 1 aromatic carbocycles. The summed E-state index contributed by atoms with van der Waals surface area (Å²) in [5, 5.41) is 1.03. The van der Waals surface area contributed by atoms with E-state index in [9.17, 15) is 4.79 Å². The molecule has 0 unspecified atom stereocenters. The average Bonchev–Trinajstić information content (AvgIpc) is 2.62. The Morgan fingerprint density at radius 1 is 1.39 bits per heavy atom. The third-order valence-corrected chi connectivity index (χ3v) is 3.85. The molecule has 0 saturated carbocycles. The highest BCUT2D eigenvalue weighted by atomic mass is 32.2. The second-order valence-electron chi connectivity index (χ2n) is 4.62. The van der Waals surface area contributed by atoms with Gasteiger partial charge in [-0.2, -0.15) is 0 Å². The van der Waals surface area contributed by atoms with Crippen molar-refractivity contribution in [1.82, 2.24) is 4.90 Å². The highest BCUT2D eigenvalue weighted by Crippen LogP contribution is 2.45. The first-order valence-corrected chi connectivity index (χ1v) is 6.81. The van der Waals surface area contributed by atoms with Crippen molar-refractivity contribution in [3.05, 3.63) is 35.4 Å². The summed E-state index contributed by atoms with van der Waals surface area (Å²) in [6.07, 6.45) is 1.72. The molecule has 1 aliphatic rings. The van der Waals surface area contributed by atoms with E-state index in [0.717, 1.165) is 18.1 Å². The van der Waals surface area contributed by atoms with Gasteiger partial charge in [-0.05, 0) is 33.2 Å². The van der Waals surface area contributed by atoms with Gasteiger partial charge in [0.2, 0.25) is 0 Å². The van der Waals surface area contributed by atoms with Crippen molar-refractivity contribution < 1.29 is 4.79 Å². The second kappa shape index (κ2) is 5.59. The van der Waals surface area contributed by atoms with E-state index in [0.29, 0.717) is 0 Å². The van der Waals surface area contributed by atoms with Gasteiger partial charge in [-0.1, -0.05) is 23.9 Å². The standard InChI is InChI=1S/C14H18N2OS/c1-11(17)10-14-16(9-8-15(2)3)12-6-4-5-7-13(12)18-14/h4-7,10H,8-9H2,1-3H3/b14-10-. The van der Waals surface area contributed by atoms with E-state index >= 15 is 0 Å². The first-order valence-electron chi connectivity index (χ1n) is 5.99. The normalized spacial score (nSPS) is 16.4. The smallest absolute Gasteiger partial charge is 0.155 e. The van der Waals surface area contributed by atoms with Gasteiger partial charge in [-0.3, -0.25) is 4.79 Å². The van der Waals surface area contributed by atoms with Crippen LogP contribution >= 0.6 is 11.8 Å². The molecule has 0 spiro atoms. The number of likely N-dealkylation sites (N-methyl/N-ethyl adjacent to an activating group) is 1. The fraction of sp³-hybridized carbons (Fsp3) is 0.357. The molecule has 0 bridgehead atoms. The van der Waals surface area contributed by atoms with Gasteiger partial charge in [0.1, 0.15) is 0 Å². The van der Waals surface area contributed by atoms with Crippen LogP contribution in [0.3, 0.4) is 0 Å². The largest absolute Gasteiger partial charge is 0.334 e. The predicted molar refractivity (Wildman–Crippen MR) is 77.0 cm³/mol. The molecule has 0 fully saturated rings. The van der Waals surface area contributed by atoms with E-state index < -0.39 is 0 Å². The molecular formula is C14H18N2OS. The number of hydrogen-bond acceptors (Lipinski definition) is 4. The first kappa shape index (κ1) is 13.2. The summed E-state index contributed by atoms with van der Waals surface area (Å²) in [4.78, 5) is 16.9. The van der Waals surface area contributed by atoms with Gasteiger partial charge >= 0.3 is 0 Å². The van der Waals surface area contributed by atoms with E-state index in [2.05, 4.69) is 36.0 Å². The molecule has 18 heavy (non-hydrogen) atoms. The summed E-state index contributed by atoms with van der Waals surface area (Å²) in [6, 6.07) is 8.29. The first-order chi connectivity index (χ1) is 8.58. The van der Waals surface area contributed by atoms with Crippen molar-refractivity contribution >= 4 is 23.2 Å². The van der Waals surface area contributed by atoms with Crippen LogP contribution < -0.4 is 4.90 Å². The highest BCUT2D eigenvalue weighted by molar-refractivity contribution is 8.03. The maximum absolute atomic E-state index is 11.3. The van der Waals surface area contributed by atoms with Crippen LogP contribution in [0.15, 0.2) is 40.3 Å². The number of carbonyl (C=O) groups excluding carboxylic acids is 1. The molecule has 3 nitrogen and oxygen atoms in total. The van der Waals surface area contributed by atoms with E-state index in [1.807, 2.05) is 12.1 Å². The van der Waals surface area contributed by atoms with Crippen molar-refractivity contribution in [3.63, 3.8) is 0 Å². The number of hydrogen-bond donors (Lipinski definition) is 0. The van der Waals surface area contributed by atoms with Crippen LogP contribution in [0, 0.1) is 0 Å². The topological polar surface area (TPSA) is 23.6 Å². The van der Waals surface area contributed by atoms with Crippen LogP contribution in [0.2, 0.25) is 0 Å². The second-order valence-corrected chi connectivity index (χ2v) is 5.68. The quantitative estimate of drug-likeness (QED) is 0.778. The Bertz CT molecular complexity index is 482. The maximum atomic E-state index is 11.3. The SMILES string of the molecule is CC(=O)/C=C1\Sc2ccccc2N1CCN(C)C. The molecule has 0 amide bonds. The van der Waals surface area contributed by atoms with Crippen LogP contribution in [0.25, 0.3) is 0 Å². The van der Waals surface area contributed by atoms with E-state index in [1.54, 1.807) is 24.8 Å². The minimum absolute atomic E-state index is 0.0974. The van der Waals surface area contributed by atoms with Gasteiger partial charge in [0.05, 0.1) is 10.7 Å². The van der Waals surface area contributed by atoms with E-state index in [1.165, 1.54) is 10.6 Å². The van der Waals surface area contributed by atoms with Crippen molar-refractivity contribution in [2.75, 3.05) is 32.1 Å². The maximum Gasteiger partial charge on any atom is 0.155 e. The zero-order valence-corrected chi connectivity index (χ0v) is 11.8. The van der Waals surface area contributed by atoms with Crippen LogP contribution in [0.1, 0.15) is 6.92 Å². The Morgan fingerprint density at radius 2 is 2.11 bits per heavy atom. The Kier molecular flexibility index (Phi) is 4.09. The number of allylic oxidation sites excluding steroid dienone is 1. The van der Waals surface area contributed by atoms with Crippen molar-refractivity contribution in [3.8, 4) is 0 Å².